The maximum absolute atomic E-state index is 2.75. The molecule has 0 aromatic carbocycles. The highest BCUT2D eigenvalue weighted by Gasteiger charge is 2.31. The normalized spacial score (nSPS) is 31.5. The predicted molar refractivity (Wildman–Crippen MR) is 72.7 cm³/mol. The lowest BCUT2D eigenvalue weighted by Gasteiger charge is -2.44. The second-order valence-corrected chi connectivity index (χ2v) is 5.72. The van der Waals surface area contributed by atoms with E-state index in [0.717, 1.165) is 17.9 Å². The van der Waals surface area contributed by atoms with E-state index in [1.165, 1.54) is 51.6 Å². The van der Waals surface area contributed by atoms with Gasteiger partial charge in [-0.2, -0.15) is 0 Å². The average Bonchev–Trinajstić information content (AvgIpc) is 2.16. The molecule has 1 heterocycles. The Balaban J connectivity index is 0.000000386. The molecule has 0 aromatic rings. The minimum Gasteiger partial charge on any atom is -0.300 e. The Bertz CT molecular complexity index is 174. The third-order valence-corrected chi connectivity index (χ3v) is 4.23. The minimum absolute atomic E-state index is 0.944. The average molecular weight is 225 g/mol. The SMILES string of the molecule is CCC.CC[C@@H]1CCN(C2CCC2)C[C@H]1C. The second-order valence-electron chi connectivity index (χ2n) is 5.72. The Morgan fingerprint density at radius 2 is 1.69 bits per heavy atom. The van der Waals surface area contributed by atoms with Crippen LogP contribution in [0.4, 0.5) is 0 Å². The van der Waals surface area contributed by atoms with E-state index < -0.39 is 0 Å². The molecule has 1 aliphatic carbocycles. The van der Waals surface area contributed by atoms with E-state index in [4.69, 9.17) is 0 Å². The molecule has 0 aromatic heterocycles. The summed E-state index contributed by atoms with van der Waals surface area (Å²) in [5, 5.41) is 0. The third kappa shape index (κ3) is 3.76. The largest absolute Gasteiger partial charge is 0.300 e. The van der Waals surface area contributed by atoms with Gasteiger partial charge in [-0.05, 0) is 37.6 Å². The molecule has 0 radical (unpaired) electrons. The summed E-state index contributed by atoms with van der Waals surface area (Å²) >= 11 is 0. The molecule has 0 unspecified atom stereocenters. The standard InChI is InChI=1S/C12H23N.C3H8/c1-3-11-7-8-13(9-10(11)2)12-5-4-6-12;1-3-2/h10-12H,3-9H2,1-2H3;3H2,1-2H3/t10-,11-;/m1./s1. The molecular weight excluding hydrogens is 194 g/mol. The molecule has 96 valence electrons. The van der Waals surface area contributed by atoms with E-state index in [1.54, 1.807) is 0 Å². The fourth-order valence-electron chi connectivity index (χ4n) is 2.92. The maximum atomic E-state index is 2.75. The van der Waals surface area contributed by atoms with E-state index in [-0.39, 0.29) is 0 Å². The number of nitrogens with zero attached hydrogens (tertiary/aromatic N) is 1. The highest BCUT2D eigenvalue weighted by Crippen LogP contribution is 2.32. The van der Waals surface area contributed by atoms with Crippen LogP contribution in [0.15, 0.2) is 0 Å². The number of likely N-dealkylation sites (tertiary alicyclic amines) is 1. The lowest BCUT2D eigenvalue weighted by molar-refractivity contribution is 0.0521. The van der Waals surface area contributed by atoms with Crippen LogP contribution in [0.2, 0.25) is 0 Å². The summed E-state index contributed by atoms with van der Waals surface area (Å²) in [5.74, 6) is 1.95. The summed E-state index contributed by atoms with van der Waals surface area (Å²) in [4.78, 5) is 2.75. The first kappa shape index (κ1) is 14.0. The molecule has 0 amide bonds. The minimum atomic E-state index is 0.944. The van der Waals surface area contributed by atoms with Gasteiger partial charge in [-0.1, -0.05) is 47.0 Å². The molecule has 1 nitrogen and oxygen atoms in total. The molecule has 0 spiro atoms. The number of piperidine rings is 1. The van der Waals surface area contributed by atoms with E-state index in [2.05, 4.69) is 32.6 Å². The topological polar surface area (TPSA) is 3.24 Å². The van der Waals surface area contributed by atoms with Crippen LogP contribution in [-0.2, 0) is 0 Å². The van der Waals surface area contributed by atoms with Crippen LogP contribution in [-0.4, -0.2) is 24.0 Å². The molecule has 2 atom stereocenters. The van der Waals surface area contributed by atoms with Gasteiger partial charge in [-0.3, -0.25) is 0 Å². The van der Waals surface area contributed by atoms with Crippen LogP contribution < -0.4 is 0 Å². The van der Waals surface area contributed by atoms with Gasteiger partial charge in [0, 0.05) is 12.6 Å². The van der Waals surface area contributed by atoms with Crippen molar-refractivity contribution in [2.45, 2.75) is 72.3 Å². The first-order chi connectivity index (χ1) is 7.72. The smallest absolute Gasteiger partial charge is 0.00953 e. The van der Waals surface area contributed by atoms with E-state index >= 15 is 0 Å². The lowest BCUT2D eigenvalue weighted by Crippen LogP contribution is -2.47. The van der Waals surface area contributed by atoms with Crippen molar-refractivity contribution in [1.29, 1.82) is 0 Å². The molecule has 1 aliphatic heterocycles. The zero-order chi connectivity index (χ0) is 12.0. The Morgan fingerprint density at radius 1 is 1.06 bits per heavy atom. The Morgan fingerprint density at radius 3 is 2.06 bits per heavy atom. The van der Waals surface area contributed by atoms with Crippen LogP contribution in [0, 0.1) is 11.8 Å². The zero-order valence-corrected chi connectivity index (χ0v) is 11.8. The van der Waals surface area contributed by atoms with Crippen molar-refractivity contribution < 1.29 is 0 Å². The van der Waals surface area contributed by atoms with E-state index in [9.17, 15) is 0 Å². The molecule has 16 heavy (non-hydrogen) atoms. The van der Waals surface area contributed by atoms with Crippen LogP contribution in [0.5, 0.6) is 0 Å². The van der Waals surface area contributed by atoms with Gasteiger partial charge in [-0.25, -0.2) is 0 Å². The Hall–Kier alpha value is -0.0400. The first-order valence-corrected chi connectivity index (χ1v) is 7.46. The summed E-state index contributed by atoms with van der Waals surface area (Å²) in [6, 6.07) is 0.972. The van der Waals surface area contributed by atoms with E-state index in [1.807, 2.05) is 0 Å². The van der Waals surface area contributed by atoms with E-state index in [0.29, 0.717) is 0 Å². The van der Waals surface area contributed by atoms with Gasteiger partial charge in [0.05, 0.1) is 0 Å². The maximum Gasteiger partial charge on any atom is 0.00953 e. The summed E-state index contributed by atoms with van der Waals surface area (Å²) in [7, 11) is 0. The Kier molecular flexibility index (Phi) is 6.41. The summed E-state index contributed by atoms with van der Waals surface area (Å²) < 4.78 is 0. The van der Waals surface area contributed by atoms with Crippen molar-refractivity contribution in [2.24, 2.45) is 11.8 Å². The van der Waals surface area contributed by atoms with Crippen LogP contribution in [0.25, 0.3) is 0 Å². The van der Waals surface area contributed by atoms with Crippen molar-refractivity contribution in [2.75, 3.05) is 13.1 Å². The third-order valence-electron chi connectivity index (χ3n) is 4.23. The van der Waals surface area contributed by atoms with Gasteiger partial charge < -0.3 is 4.90 Å². The van der Waals surface area contributed by atoms with Gasteiger partial charge in [0.2, 0.25) is 0 Å². The molecule has 1 saturated heterocycles. The molecule has 2 aliphatic rings. The molecule has 1 saturated carbocycles. The summed E-state index contributed by atoms with van der Waals surface area (Å²) in [6.07, 6.45) is 8.52. The zero-order valence-electron chi connectivity index (χ0n) is 11.8. The van der Waals surface area contributed by atoms with Crippen LogP contribution in [0.1, 0.15) is 66.2 Å². The molecule has 1 heteroatoms. The highest BCUT2D eigenvalue weighted by molar-refractivity contribution is 4.85. The van der Waals surface area contributed by atoms with Crippen molar-refractivity contribution >= 4 is 0 Å². The summed E-state index contributed by atoms with van der Waals surface area (Å²) in [6.45, 7) is 11.8. The quantitative estimate of drug-likeness (QED) is 0.676. The molecule has 0 bridgehead atoms. The first-order valence-electron chi connectivity index (χ1n) is 7.46. The van der Waals surface area contributed by atoms with Crippen molar-refractivity contribution in [3.05, 3.63) is 0 Å². The highest BCUT2D eigenvalue weighted by atomic mass is 15.2. The predicted octanol–water partition coefficient (Wildman–Crippen LogP) is 4.32. The summed E-state index contributed by atoms with van der Waals surface area (Å²) in [5.41, 5.74) is 0. The number of hydrogen-bond donors (Lipinski definition) is 0. The molecule has 2 rings (SSSR count). The fraction of sp³-hybridized carbons (Fsp3) is 1.00. The van der Waals surface area contributed by atoms with Gasteiger partial charge in [-0.15, -0.1) is 0 Å². The van der Waals surface area contributed by atoms with Crippen molar-refractivity contribution in [3.63, 3.8) is 0 Å². The molecule has 0 N–H and O–H groups in total. The number of rotatable bonds is 2. The Labute approximate surface area is 103 Å². The monoisotopic (exact) mass is 225 g/mol. The van der Waals surface area contributed by atoms with Gasteiger partial charge >= 0.3 is 0 Å². The van der Waals surface area contributed by atoms with Crippen LogP contribution in [0.3, 0.4) is 0 Å². The van der Waals surface area contributed by atoms with Crippen molar-refractivity contribution in [1.82, 2.24) is 4.90 Å². The van der Waals surface area contributed by atoms with Crippen LogP contribution >= 0.6 is 0 Å². The molecule has 2 fully saturated rings. The molecular formula is C15H31N. The van der Waals surface area contributed by atoms with Gasteiger partial charge in [0.1, 0.15) is 0 Å². The fourth-order valence-corrected chi connectivity index (χ4v) is 2.92. The second kappa shape index (κ2) is 7.32. The van der Waals surface area contributed by atoms with Gasteiger partial charge in [0.15, 0.2) is 0 Å². The van der Waals surface area contributed by atoms with Gasteiger partial charge in [0.25, 0.3) is 0 Å². The van der Waals surface area contributed by atoms with Crippen molar-refractivity contribution in [3.8, 4) is 0 Å². The number of hydrogen-bond acceptors (Lipinski definition) is 1. The lowest BCUT2D eigenvalue weighted by atomic mass is 9.82.